The number of nitrogen functional groups attached to an aromatic ring is 2. The summed E-state index contributed by atoms with van der Waals surface area (Å²) >= 11 is 0. The zero-order valence-electron chi connectivity index (χ0n) is 9.84. The van der Waals surface area contributed by atoms with Gasteiger partial charge in [0.1, 0.15) is 17.7 Å². The Morgan fingerprint density at radius 1 is 1.00 bits per heavy atom. The number of aromatic nitrogens is 3. The van der Waals surface area contributed by atoms with Crippen LogP contribution >= 0.6 is 0 Å². The molecule has 5 nitrogen and oxygen atoms in total. The topological polar surface area (TPSA) is 90.7 Å². The molecule has 2 aromatic heterocycles. The van der Waals surface area contributed by atoms with Gasteiger partial charge in [-0.1, -0.05) is 0 Å². The van der Waals surface area contributed by atoms with E-state index in [4.69, 9.17) is 11.5 Å². The van der Waals surface area contributed by atoms with E-state index in [2.05, 4.69) is 15.0 Å². The predicted octanol–water partition coefficient (Wildman–Crippen LogP) is 2.00. The summed E-state index contributed by atoms with van der Waals surface area (Å²) in [6, 6.07) is 7.61. The number of nitrogens with two attached hydrogens (primary N) is 2. The molecule has 0 aliphatic rings. The fraction of sp³-hybridized carbons (Fsp3) is 0. The quantitative estimate of drug-likeness (QED) is 0.649. The van der Waals surface area contributed by atoms with E-state index in [1.807, 2.05) is 0 Å². The van der Waals surface area contributed by atoms with Gasteiger partial charge >= 0.3 is 0 Å². The second-order valence-corrected chi connectivity index (χ2v) is 4.05. The minimum Gasteiger partial charge on any atom is -0.398 e. The van der Waals surface area contributed by atoms with E-state index in [0.29, 0.717) is 28.0 Å². The molecule has 4 N–H and O–H groups in total. The molecule has 6 heteroatoms. The lowest BCUT2D eigenvalue weighted by Gasteiger charge is -2.07. The summed E-state index contributed by atoms with van der Waals surface area (Å²) < 4.78 is 13.3. The highest BCUT2D eigenvalue weighted by Crippen LogP contribution is 2.27. The van der Waals surface area contributed by atoms with E-state index >= 15 is 0 Å². The summed E-state index contributed by atoms with van der Waals surface area (Å²) in [6.45, 7) is 0. The van der Waals surface area contributed by atoms with Crippen LogP contribution < -0.4 is 11.5 Å². The van der Waals surface area contributed by atoms with Crippen LogP contribution in [0.5, 0.6) is 0 Å². The van der Waals surface area contributed by atoms with Crippen molar-refractivity contribution in [3.63, 3.8) is 0 Å². The van der Waals surface area contributed by atoms with Crippen LogP contribution in [0.4, 0.5) is 15.9 Å². The standard InChI is InChI=1S/C13H10FN5/c14-7-1-2-9(15)8(5-7)10-3-4-11-12(19-10)13(16)18-6-17-11/h1-6H,15H2,(H2,16,17,18). The van der Waals surface area contributed by atoms with Gasteiger partial charge < -0.3 is 11.5 Å². The van der Waals surface area contributed by atoms with Crippen LogP contribution in [0.1, 0.15) is 0 Å². The maximum Gasteiger partial charge on any atom is 0.153 e. The monoisotopic (exact) mass is 255 g/mol. The molecule has 0 atom stereocenters. The molecule has 0 aliphatic carbocycles. The van der Waals surface area contributed by atoms with Gasteiger partial charge in [0.2, 0.25) is 0 Å². The zero-order valence-corrected chi connectivity index (χ0v) is 9.84. The van der Waals surface area contributed by atoms with E-state index in [9.17, 15) is 4.39 Å². The Labute approximate surface area is 108 Å². The van der Waals surface area contributed by atoms with Crippen molar-refractivity contribution >= 4 is 22.5 Å². The van der Waals surface area contributed by atoms with Crippen molar-refractivity contribution < 1.29 is 4.39 Å². The summed E-state index contributed by atoms with van der Waals surface area (Å²) in [6.07, 6.45) is 1.37. The number of halogens is 1. The second-order valence-electron chi connectivity index (χ2n) is 4.05. The third kappa shape index (κ3) is 1.93. The Hall–Kier alpha value is -2.76. The first-order chi connectivity index (χ1) is 9.15. The van der Waals surface area contributed by atoms with Gasteiger partial charge in [-0.2, -0.15) is 0 Å². The Balaban J connectivity index is 2.26. The number of pyridine rings is 1. The van der Waals surface area contributed by atoms with Gasteiger partial charge in [0, 0.05) is 11.3 Å². The second kappa shape index (κ2) is 4.16. The molecule has 19 heavy (non-hydrogen) atoms. The van der Waals surface area contributed by atoms with E-state index in [-0.39, 0.29) is 11.6 Å². The Bertz CT molecular complexity index is 772. The molecule has 3 rings (SSSR count). The van der Waals surface area contributed by atoms with Crippen LogP contribution in [0, 0.1) is 5.82 Å². The SMILES string of the molecule is Nc1ccc(F)cc1-c1ccc2ncnc(N)c2n1. The smallest absolute Gasteiger partial charge is 0.153 e. The lowest BCUT2D eigenvalue weighted by Crippen LogP contribution is -1.98. The summed E-state index contributed by atoms with van der Waals surface area (Å²) in [5.41, 5.74) is 14.2. The molecular formula is C13H10FN5. The highest BCUT2D eigenvalue weighted by atomic mass is 19.1. The molecule has 1 aromatic carbocycles. The molecule has 0 fully saturated rings. The molecule has 94 valence electrons. The van der Waals surface area contributed by atoms with Crippen molar-refractivity contribution in [2.24, 2.45) is 0 Å². The minimum absolute atomic E-state index is 0.279. The first-order valence-electron chi connectivity index (χ1n) is 5.58. The number of benzene rings is 1. The van der Waals surface area contributed by atoms with Gasteiger partial charge in [-0.3, -0.25) is 0 Å². The predicted molar refractivity (Wildman–Crippen MR) is 71.6 cm³/mol. The molecule has 2 heterocycles. The molecule has 0 aliphatic heterocycles. The third-order valence-electron chi connectivity index (χ3n) is 2.80. The minimum atomic E-state index is -0.372. The van der Waals surface area contributed by atoms with Crippen LogP contribution in [-0.4, -0.2) is 15.0 Å². The lowest BCUT2D eigenvalue weighted by molar-refractivity contribution is 0.628. The normalized spacial score (nSPS) is 10.8. The van der Waals surface area contributed by atoms with Gasteiger partial charge in [-0.25, -0.2) is 19.3 Å². The summed E-state index contributed by atoms with van der Waals surface area (Å²) in [4.78, 5) is 12.3. The Morgan fingerprint density at radius 2 is 1.84 bits per heavy atom. The molecule has 0 saturated heterocycles. The van der Waals surface area contributed by atoms with Gasteiger partial charge in [0.15, 0.2) is 5.82 Å². The molecule has 0 radical (unpaired) electrons. The van der Waals surface area contributed by atoms with Crippen molar-refractivity contribution in [1.29, 1.82) is 0 Å². The molecule has 0 saturated carbocycles. The molecule has 3 aromatic rings. The van der Waals surface area contributed by atoms with Crippen molar-refractivity contribution in [1.82, 2.24) is 15.0 Å². The average molecular weight is 255 g/mol. The molecule has 0 amide bonds. The fourth-order valence-electron chi connectivity index (χ4n) is 1.86. The molecular weight excluding hydrogens is 245 g/mol. The number of anilines is 2. The average Bonchev–Trinajstić information content (AvgIpc) is 2.42. The maximum atomic E-state index is 13.3. The summed E-state index contributed by atoms with van der Waals surface area (Å²) in [5, 5.41) is 0. The van der Waals surface area contributed by atoms with Crippen LogP contribution in [0.15, 0.2) is 36.7 Å². The van der Waals surface area contributed by atoms with Crippen molar-refractivity contribution in [3.8, 4) is 11.3 Å². The zero-order chi connectivity index (χ0) is 13.4. The first-order valence-corrected chi connectivity index (χ1v) is 5.58. The molecule has 0 spiro atoms. The van der Waals surface area contributed by atoms with Crippen molar-refractivity contribution in [2.75, 3.05) is 11.5 Å². The van der Waals surface area contributed by atoms with Gasteiger partial charge in [0.05, 0.1) is 11.2 Å². The Morgan fingerprint density at radius 3 is 2.68 bits per heavy atom. The first kappa shape index (κ1) is 11.3. The van der Waals surface area contributed by atoms with Crippen LogP contribution in [0.25, 0.3) is 22.3 Å². The van der Waals surface area contributed by atoms with Gasteiger partial charge in [-0.15, -0.1) is 0 Å². The van der Waals surface area contributed by atoms with E-state index in [1.54, 1.807) is 12.1 Å². The number of nitrogens with zero attached hydrogens (tertiary/aromatic N) is 3. The summed E-state index contributed by atoms with van der Waals surface area (Å²) in [5.74, 6) is -0.0924. The van der Waals surface area contributed by atoms with Crippen LogP contribution in [0.2, 0.25) is 0 Å². The fourth-order valence-corrected chi connectivity index (χ4v) is 1.86. The maximum absolute atomic E-state index is 13.3. The Kier molecular flexibility index (Phi) is 2.49. The molecule has 0 bridgehead atoms. The molecule has 0 unspecified atom stereocenters. The van der Waals surface area contributed by atoms with Crippen molar-refractivity contribution in [2.45, 2.75) is 0 Å². The number of rotatable bonds is 1. The van der Waals surface area contributed by atoms with Gasteiger partial charge in [0.25, 0.3) is 0 Å². The third-order valence-corrected chi connectivity index (χ3v) is 2.80. The lowest BCUT2D eigenvalue weighted by atomic mass is 10.1. The van der Waals surface area contributed by atoms with Crippen LogP contribution in [-0.2, 0) is 0 Å². The van der Waals surface area contributed by atoms with E-state index in [1.165, 1.54) is 24.5 Å². The highest BCUT2D eigenvalue weighted by Gasteiger charge is 2.09. The number of fused-ring (bicyclic) bond motifs is 1. The summed E-state index contributed by atoms with van der Waals surface area (Å²) in [7, 11) is 0. The highest BCUT2D eigenvalue weighted by molar-refractivity contribution is 5.87. The van der Waals surface area contributed by atoms with Gasteiger partial charge in [-0.05, 0) is 30.3 Å². The number of hydrogen-bond acceptors (Lipinski definition) is 5. The number of hydrogen-bond donors (Lipinski definition) is 2. The van der Waals surface area contributed by atoms with Crippen LogP contribution in [0.3, 0.4) is 0 Å². The van der Waals surface area contributed by atoms with Crippen molar-refractivity contribution in [3.05, 3.63) is 42.5 Å². The van der Waals surface area contributed by atoms with E-state index in [0.717, 1.165) is 0 Å². The van der Waals surface area contributed by atoms with E-state index < -0.39 is 0 Å². The largest absolute Gasteiger partial charge is 0.398 e.